The highest BCUT2D eigenvalue weighted by Crippen LogP contribution is 2.20. The molecule has 2 N–H and O–H groups in total. The number of hydrogen-bond acceptors (Lipinski definition) is 6. The molecule has 9 nitrogen and oxygen atoms in total. The molecule has 0 aliphatic heterocycles. The third kappa shape index (κ3) is 5.63. The number of ether oxygens (including phenoxy) is 1. The minimum atomic E-state index is -0.549. The molecule has 30 heavy (non-hydrogen) atoms. The van der Waals surface area contributed by atoms with E-state index < -0.39 is 11.7 Å². The van der Waals surface area contributed by atoms with Crippen molar-refractivity contribution in [3.63, 3.8) is 0 Å². The molecule has 156 valence electrons. The maximum absolute atomic E-state index is 12.6. The van der Waals surface area contributed by atoms with Crippen molar-refractivity contribution in [3.8, 4) is 11.4 Å². The van der Waals surface area contributed by atoms with Crippen LogP contribution < -0.4 is 10.6 Å². The Balaban J connectivity index is 1.60. The van der Waals surface area contributed by atoms with E-state index in [-0.39, 0.29) is 5.91 Å². The Hall–Kier alpha value is -3.75. The normalized spacial score (nSPS) is 11.1. The van der Waals surface area contributed by atoms with E-state index in [0.29, 0.717) is 23.6 Å². The zero-order valence-corrected chi connectivity index (χ0v) is 17.3. The first-order valence-corrected chi connectivity index (χ1v) is 9.41. The largest absolute Gasteiger partial charge is 0.444 e. The second kappa shape index (κ2) is 8.73. The van der Waals surface area contributed by atoms with Gasteiger partial charge in [-0.2, -0.15) is 0 Å². The molecular formula is C21H24N6O3. The summed E-state index contributed by atoms with van der Waals surface area (Å²) in [6.45, 7) is 5.73. The number of aromatic nitrogens is 4. The van der Waals surface area contributed by atoms with E-state index in [1.54, 1.807) is 62.8 Å². The van der Waals surface area contributed by atoms with Gasteiger partial charge in [-0.1, -0.05) is 24.3 Å². The van der Waals surface area contributed by atoms with Crippen LogP contribution in [0.2, 0.25) is 0 Å². The van der Waals surface area contributed by atoms with Crippen LogP contribution >= 0.6 is 0 Å². The monoisotopic (exact) mass is 408 g/mol. The molecule has 0 atom stereocenters. The van der Waals surface area contributed by atoms with Crippen LogP contribution in [-0.4, -0.2) is 37.8 Å². The molecule has 0 aliphatic carbocycles. The predicted molar refractivity (Wildman–Crippen MR) is 112 cm³/mol. The Kier molecular flexibility index (Phi) is 6.10. The number of nitrogens with zero attached hydrogens (tertiary/aromatic N) is 4. The number of hydrogen-bond donors (Lipinski definition) is 2. The predicted octanol–water partition coefficient (Wildman–Crippen LogP) is 3.15. The molecule has 0 aliphatic rings. The fourth-order valence-corrected chi connectivity index (χ4v) is 2.68. The maximum Gasteiger partial charge on any atom is 0.407 e. The fraction of sp³-hybridized carbons (Fsp3) is 0.286. The zero-order chi connectivity index (χ0) is 21.7. The first kappa shape index (κ1) is 21.0. The second-order valence-corrected chi connectivity index (χ2v) is 7.71. The molecule has 2 aromatic carbocycles. The molecule has 2 amide bonds. The number of rotatable bonds is 5. The van der Waals surface area contributed by atoms with Crippen molar-refractivity contribution in [1.29, 1.82) is 0 Å². The van der Waals surface area contributed by atoms with Crippen molar-refractivity contribution >= 4 is 17.7 Å². The molecule has 0 unspecified atom stereocenters. The first-order chi connectivity index (χ1) is 14.2. The molecule has 0 fully saturated rings. The van der Waals surface area contributed by atoms with E-state index in [1.165, 1.54) is 0 Å². The average Bonchev–Trinajstić information content (AvgIpc) is 3.11. The van der Waals surface area contributed by atoms with Crippen LogP contribution in [-0.2, 0) is 18.3 Å². The van der Waals surface area contributed by atoms with Crippen molar-refractivity contribution in [2.45, 2.75) is 32.9 Å². The highest BCUT2D eigenvalue weighted by Gasteiger charge is 2.16. The lowest BCUT2D eigenvalue weighted by Crippen LogP contribution is -2.32. The number of nitrogens with one attached hydrogen (secondary N) is 2. The van der Waals surface area contributed by atoms with Crippen molar-refractivity contribution in [1.82, 2.24) is 25.5 Å². The highest BCUT2D eigenvalue weighted by atomic mass is 16.6. The second-order valence-electron chi connectivity index (χ2n) is 7.71. The van der Waals surface area contributed by atoms with Gasteiger partial charge in [0, 0.05) is 30.4 Å². The van der Waals surface area contributed by atoms with Gasteiger partial charge in [0.25, 0.3) is 5.91 Å². The van der Waals surface area contributed by atoms with Crippen LogP contribution in [0.15, 0.2) is 48.5 Å². The van der Waals surface area contributed by atoms with Crippen LogP contribution in [0.5, 0.6) is 0 Å². The quantitative estimate of drug-likeness (QED) is 0.671. The number of amides is 2. The van der Waals surface area contributed by atoms with Gasteiger partial charge in [0.1, 0.15) is 5.60 Å². The molecule has 9 heteroatoms. The van der Waals surface area contributed by atoms with Gasteiger partial charge in [0.2, 0.25) is 0 Å². The Bertz CT molecular complexity index is 1040. The summed E-state index contributed by atoms with van der Waals surface area (Å²) in [4.78, 5) is 24.3. The molecule has 1 heterocycles. The number of benzene rings is 2. The van der Waals surface area contributed by atoms with Gasteiger partial charge in [-0.05, 0) is 61.0 Å². The van der Waals surface area contributed by atoms with Crippen LogP contribution in [0, 0.1) is 0 Å². The summed E-state index contributed by atoms with van der Waals surface area (Å²) in [6, 6.07) is 14.3. The van der Waals surface area contributed by atoms with E-state index in [2.05, 4.69) is 26.2 Å². The minimum absolute atomic E-state index is 0.241. The number of anilines is 1. The van der Waals surface area contributed by atoms with E-state index in [4.69, 9.17) is 4.74 Å². The minimum Gasteiger partial charge on any atom is -0.444 e. The van der Waals surface area contributed by atoms with Crippen molar-refractivity contribution < 1.29 is 14.3 Å². The molecule has 1 aromatic heterocycles. The third-order valence-electron chi connectivity index (χ3n) is 4.05. The van der Waals surface area contributed by atoms with Crippen molar-refractivity contribution in [2.24, 2.45) is 7.05 Å². The molecule has 0 saturated heterocycles. The maximum atomic E-state index is 12.6. The van der Waals surface area contributed by atoms with Gasteiger partial charge in [-0.3, -0.25) is 4.79 Å². The van der Waals surface area contributed by atoms with Crippen molar-refractivity contribution in [3.05, 3.63) is 59.7 Å². The van der Waals surface area contributed by atoms with Gasteiger partial charge in [0.05, 0.1) is 0 Å². The van der Waals surface area contributed by atoms with E-state index in [0.717, 1.165) is 11.1 Å². The molecule has 0 saturated carbocycles. The summed E-state index contributed by atoms with van der Waals surface area (Å²) in [6.07, 6.45) is -0.484. The molecule has 0 bridgehead atoms. The number of alkyl carbamates (subject to hydrolysis) is 1. The summed E-state index contributed by atoms with van der Waals surface area (Å²) in [7, 11) is 1.75. The van der Waals surface area contributed by atoms with Gasteiger partial charge >= 0.3 is 6.09 Å². The number of aryl methyl sites for hydroxylation is 1. The molecule has 0 radical (unpaired) electrons. The van der Waals surface area contributed by atoms with Gasteiger partial charge in [0.15, 0.2) is 5.82 Å². The first-order valence-electron chi connectivity index (χ1n) is 9.41. The summed E-state index contributed by atoms with van der Waals surface area (Å²) in [5.41, 5.74) is 2.24. The standard InChI is InChI=1S/C21H24N6O3/c1-21(2,3)30-20(29)22-13-14-8-10-15(11-9-14)19(28)23-17-7-5-6-16(12-17)18-24-25-26-27(18)4/h5-12H,13H2,1-4H3,(H,22,29)(H,23,28). The number of carbonyl (C=O) groups is 2. The zero-order valence-electron chi connectivity index (χ0n) is 17.3. The topological polar surface area (TPSA) is 111 Å². The van der Waals surface area contributed by atoms with Crippen LogP contribution in [0.4, 0.5) is 10.5 Å². The summed E-state index contributed by atoms with van der Waals surface area (Å²) >= 11 is 0. The SMILES string of the molecule is Cn1nnnc1-c1cccc(NC(=O)c2ccc(CNC(=O)OC(C)(C)C)cc2)c1. The Morgan fingerprint density at radius 1 is 1.10 bits per heavy atom. The molecular weight excluding hydrogens is 384 g/mol. The van der Waals surface area contributed by atoms with Crippen LogP contribution in [0.25, 0.3) is 11.4 Å². The highest BCUT2D eigenvalue weighted by molar-refractivity contribution is 6.04. The summed E-state index contributed by atoms with van der Waals surface area (Å²) < 4.78 is 6.76. The summed E-state index contributed by atoms with van der Waals surface area (Å²) in [5.74, 6) is 0.364. The third-order valence-corrected chi connectivity index (χ3v) is 4.05. The van der Waals surface area contributed by atoms with Crippen LogP contribution in [0.1, 0.15) is 36.7 Å². The van der Waals surface area contributed by atoms with Crippen LogP contribution in [0.3, 0.4) is 0 Å². The molecule has 0 spiro atoms. The lowest BCUT2D eigenvalue weighted by molar-refractivity contribution is 0.0523. The van der Waals surface area contributed by atoms with E-state index in [9.17, 15) is 9.59 Å². The number of tetrazole rings is 1. The van der Waals surface area contributed by atoms with Gasteiger partial charge in [-0.15, -0.1) is 5.10 Å². The molecule has 3 rings (SSSR count). The Labute approximate surface area is 174 Å². The fourth-order valence-electron chi connectivity index (χ4n) is 2.68. The van der Waals surface area contributed by atoms with E-state index >= 15 is 0 Å². The smallest absolute Gasteiger partial charge is 0.407 e. The van der Waals surface area contributed by atoms with Gasteiger partial charge < -0.3 is 15.4 Å². The average molecular weight is 408 g/mol. The summed E-state index contributed by atoms with van der Waals surface area (Å²) in [5, 5.41) is 17.0. The molecule has 3 aromatic rings. The van der Waals surface area contributed by atoms with E-state index in [1.807, 2.05) is 18.2 Å². The Morgan fingerprint density at radius 2 is 1.83 bits per heavy atom. The lowest BCUT2D eigenvalue weighted by atomic mass is 10.1. The van der Waals surface area contributed by atoms with Gasteiger partial charge in [-0.25, -0.2) is 9.48 Å². The van der Waals surface area contributed by atoms with Crippen molar-refractivity contribution in [2.75, 3.05) is 5.32 Å². The lowest BCUT2D eigenvalue weighted by Gasteiger charge is -2.19. The Morgan fingerprint density at radius 3 is 2.47 bits per heavy atom. The number of carbonyl (C=O) groups excluding carboxylic acids is 2.